The number of carbonyl (C=O) groups is 2. The number of nitrogens with one attached hydrogen (secondary N) is 1. The molecule has 0 spiro atoms. The van der Waals surface area contributed by atoms with Crippen molar-refractivity contribution in [1.29, 1.82) is 0 Å². The van der Waals surface area contributed by atoms with Gasteiger partial charge in [-0.2, -0.15) is 0 Å². The molecule has 148 valence electrons. The Morgan fingerprint density at radius 3 is 2.29 bits per heavy atom. The fraction of sp³-hybridized carbons (Fsp3) is 0.263. The Morgan fingerprint density at radius 1 is 1.11 bits per heavy atom. The molecule has 0 aliphatic carbocycles. The Hall–Kier alpha value is -2.91. The number of benzene rings is 2. The monoisotopic (exact) mass is 403 g/mol. The number of hydrogen-bond acceptors (Lipinski definition) is 5. The molecule has 1 fully saturated rings. The normalized spacial score (nSPS) is 17.2. The van der Waals surface area contributed by atoms with Crippen LogP contribution in [0.5, 0.6) is 5.75 Å². The van der Waals surface area contributed by atoms with Gasteiger partial charge in [0, 0.05) is 38.4 Å². The van der Waals surface area contributed by atoms with Crippen LogP contribution in [-0.4, -0.2) is 50.3 Å². The summed E-state index contributed by atoms with van der Waals surface area (Å²) >= 11 is 0. The van der Waals surface area contributed by atoms with Crippen molar-refractivity contribution in [2.24, 2.45) is 5.92 Å². The van der Waals surface area contributed by atoms with Gasteiger partial charge in [-0.1, -0.05) is 0 Å². The van der Waals surface area contributed by atoms with Crippen LogP contribution in [0.4, 0.5) is 11.4 Å². The van der Waals surface area contributed by atoms with Crippen LogP contribution in [0, 0.1) is 5.92 Å². The third-order valence-corrected chi connectivity index (χ3v) is 6.39. The van der Waals surface area contributed by atoms with Gasteiger partial charge in [0.15, 0.2) is 0 Å². The molecule has 0 aromatic heterocycles. The summed E-state index contributed by atoms with van der Waals surface area (Å²) in [5.41, 5.74) is 1.08. The van der Waals surface area contributed by atoms with E-state index in [1.165, 1.54) is 43.3 Å². The standard InChI is InChI=1S/C19H21N3O5S/c1-21(2)28(26,27)17-9-5-15(6-10-17)22-12-13(11-18(22)24)19(25)20-14-3-7-16(23)8-4-14/h3-10,13,23H,11-12H2,1-2H3,(H,20,25)/t13-/m1/s1. The summed E-state index contributed by atoms with van der Waals surface area (Å²) in [5.74, 6) is -0.908. The molecule has 0 unspecified atom stereocenters. The number of nitrogens with zero attached hydrogens (tertiary/aromatic N) is 2. The molecule has 1 saturated heterocycles. The number of hydrogen-bond donors (Lipinski definition) is 2. The molecule has 0 radical (unpaired) electrons. The maximum Gasteiger partial charge on any atom is 0.242 e. The van der Waals surface area contributed by atoms with E-state index in [4.69, 9.17) is 0 Å². The SMILES string of the molecule is CN(C)S(=O)(=O)c1ccc(N2C[C@H](C(=O)Nc3ccc(O)cc3)CC2=O)cc1. The Labute approximate surface area is 163 Å². The van der Waals surface area contributed by atoms with Crippen LogP contribution in [0.1, 0.15) is 6.42 Å². The van der Waals surface area contributed by atoms with Crippen LogP contribution in [0.3, 0.4) is 0 Å². The number of rotatable bonds is 5. The van der Waals surface area contributed by atoms with Gasteiger partial charge in [0.25, 0.3) is 0 Å². The molecule has 3 rings (SSSR count). The first-order valence-corrected chi connectivity index (χ1v) is 10.1. The number of phenolic OH excluding ortho intramolecular Hbond substituents is 1. The van der Waals surface area contributed by atoms with Crippen molar-refractivity contribution in [1.82, 2.24) is 4.31 Å². The van der Waals surface area contributed by atoms with Gasteiger partial charge >= 0.3 is 0 Å². The zero-order valence-electron chi connectivity index (χ0n) is 15.5. The molecule has 2 amide bonds. The average molecular weight is 403 g/mol. The lowest BCUT2D eigenvalue weighted by Crippen LogP contribution is -2.28. The highest BCUT2D eigenvalue weighted by Crippen LogP contribution is 2.27. The van der Waals surface area contributed by atoms with Crippen LogP contribution in [0.25, 0.3) is 0 Å². The van der Waals surface area contributed by atoms with Crippen molar-refractivity contribution in [3.05, 3.63) is 48.5 Å². The summed E-state index contributed by atoms with van der Waals surface area (Å²) in [4.78, 5) is 26.4. The summed E-state index contributed by atoms with van der Waals surface area (Å²) in [6.07, 6.45) is 0.0711. The minimum atomic E-state index is -3.54. The molecular weight excluding hydrogens is 382 g/mol. The predicted molar refractivity (Wildman–Crippen MR) is 105 cm³/mol. The predicted octanol–water partition coefficient (Wildman–Crippen LogP) is 1.63. The zero-order chi connectivity index (χ0) is 20.5. The van der Waals surface area contributed by atoms with E-state index in [2.05, 4.69) is 5.32 Å². The van der Waals surface area contributed by atoms with Crippen LogP contribution < -0.4 is 10.2 Å². The highest BCUT2D eigenvalue weighted by Gasteiger charge is 2.35. The average Bonchev–Trinajstić information content (AvgIpc) is 3.05. The maximum absolute atomic E-state index is 12.4. The van der Waals surface area contributed by atoms with E-state index in [0.717, 1.165) is 4.31 Å². The summed E-state index contributed by atoms with van der Waals surface area (Å²) in [6, 6.07) is 12.1. The second-order valence-corrected chi connectivity index (χ2v) is 8.87. The fourth-order valence-corrected chi connectivity index (χ4v) is 3.83. The third kappa shape index (κ3) is 4.00. The molecule has 2 aromatic carbocycles. The van der Waals surface area contributed by atoms with Crippen molar-refractivity contribution < 1.29 is 23.1 Å². The number of aromatic hydroxyl groups is 1. The number of anilines is 2. The minimum absolute atomic E-state index is 0.0711. The van der Waals surface area contributed by atoms with E-state index < -0.39 is 15.9 Å². The molecule has 0 saturated carbocycles. The molecule has 1 aliphatic heterocycles. The Bertz CT molecular complexity index is 985. The van der Waals surface area contributed by atoms with Crippen LogP contribution in [0.15, 0.2) is 53.4 Å². The molecule has 1 atom stereocenters. The number of phenols is 1. The van der Waals surface area contributed by atoms with Gasteiger partial charge in [-0.25, -0.2) is 12.7 Å². The lowest BCUT2D eigenvalue weighted by Gasteiger charge is -2.18. The maximum atomic E-state index is 12.4. The van der Waals surface area contributed by atoms with Gasteiger partial charge in [-0.15, -0.1) is 0 Å². The molecule has 28 heavy (non-hydrogen) atoms. The first kappa shape index (κ1) is 19.8. The first-order chi connectivity index (χ1) is 13.2. The highest BCUT2D eigenvalue weighted by atomic mass is 32.2. The Balaban J connectivity index is 1.70. The molecule has 1 aliphatic rings. The zero-order valence-corrected chi connectivity index (χ0v) is 16.3. The number of carbonyl (C=O) groups excluding carboxylic acids is 2. The van der Waals surface area contributed by atoms with Gasteiger partial charge < -0.3 is 15.3 Å². The van der Waals surface area contributed by atoms with Crippen molar-refractivity contribution in [2.45, 2.75) is 11.3 Å². The molecule has 2 aromatic rings. The van der Waals surface area contributed by atoms with Crippen molar-refractivity contribution in [3.63, 3.8) is 0 Å². The molecule has 2 N–H and O–H groups in total. The quantitative estimate of drug-likeness (QED) is 0.738. The van der Waals surface area contributed by atoms with Crippen LogP contribution in [0.2, 0.25) is 0 Å². The minimum Gasteiger partial charge on any atom is -0.508 e. The first-order valence-electron chi connectivity index (χ1n) is 8.61. The lowest BCUT2D eigenvalue weighted by atomic mass is 10.1. The van der Waals surface area contributed by atoms with E-state index in [0.29, 0.717) is 11.4 Å². The smallest absolute Gasteiger partial charge is 0.242 e. The van der Waals surface area contributed by atoms with Gasteiger partial charge in [0.2, 0.25) is 21.8 Å². The van der Waals surface area contributed by atoms with Gasteiger partial charge in [0.1, 0.15) is 5.75 Å². The summed E-state index contributed by atoms with van der Waals surface area (Å²) in [6.45, 7) is 0.211. The van der Waals surface area contributed by atoms with Crippen molar-refractivity contribution in [2.75, 3.05) is 30.9 Å². The van der Waals surface area contributed by atoms with E-state index in [-0.39, 0.29) is 35.4 Å². The van der Waals surface area contributed by atoms with E-state index >= 15 is 0 Å². The largest absolute Gasteiger partial charge is 0.508 e. The topological polar surface area (TPSA) is 107 Å². The number of sulfonamides is 1. The van der Waals surface area contributed by atoms with Gasteiger partial charge in [0.05, 0.1) is 10.8 Å². The van der Waals surface area contributed by atoms with Gasteiger partial charge in [-0.3, -0.25) is 9.59 Å². The van der Waals surface area contributed by atoms with E-state index in [9.17, 15) is 23.1 Å². The second kappa shape index (κ2) is 7.61. The number of amides is 2. The highest BCUT2D eigenvalue weighted by molar-refractivity contribution is 7.89. The van der Waals surface area contributed by atoms with Crippen molar-refractivity contribution >= 4 is 33.2 Å². The third-order valence-electron chi connectivity index (χ3n) is 4.56. The lowest BCUT2D eigenvalue weighted by molar-refractivity contribution is -0.122. The Morgan fingerprint density at radius 2 is 1.71 bits per heavy atom. The van der Waals surface area contributed by atoms with Crippen LogP contribution >= 0.6 is 0 Å². The van der Waals surface area contributed by atoms with Crippen molar-refractivity contribution in [3.8, 4) is 5.75 Å². The van der Waals surface area contributed by atoms with Gasteiger partial charge in [-0.05, 0) is 48.5 Å². The summed E-state index contributed by atoms with van der Waals surface area (Å²) < 4.78 is 25.4. The Kier molecular flexibility index (Phi) is 5.39. The van der Waals surface area contributed by atoms with Crippen LogP contribution in [-0.2, 0) is 19.6 Å². The molecule has 8 nitrogen and oxygen atoms in total. The molecule has 0 bridgehead atoms. The molecule has 9 heteroatoms. The molecule has 1 heterocycles. The summed E-state index contributed by atoms with van der Waals surface area (Å²) in [5, 5.41) is 12.0. The fourth-order valence-electron chi connectivity index (χ4n) is 2.93. The molecular formula is C19H21N3O5S. The summed E-state index contributed by atoms with van der Waals surface area (Å²) in [7, 11) is -0.647. The van der Waals surface area contributed by atoms with E-state index in [1.807, 2.05) is 0 Å². The van der Waals surface area contributed by atoms with E-state index in [1.54, 1.807) is 24.3 Å². The second-order valence-electron chi connectivity index (χ2n) is 6.72.